The van der Waals surface area contributed by atoms with Gasteiger partial charge in [-0.05, 0) is 17.7 Å². The Bertz CT molecular complexity index is 256. The van der Waals surface area contributed by atoms with Crippen LogP contribution in [-0.2, 0) is 4.84 Å². The normalized spacial score (nSPS) is 10.8. The molecule has 1 rings (SSSR count). The monoisotopic (exact) mass is 227 g/mol. The summed E-state index contributed by atoms with van der Waals surface area (Å²) in [4.78, 5) is 4.39. The average molecular weight is 228 g/mol. The Balaban J connectivity index is 2.58. The van der Waals surface area contributed by atoms with Crippen molar-refractivity contribution in [2.24, 2.45) is 5.90 Å². The summed E-state index contributed by atoms with van der Waals surface area (Å²) in [6.07, 6.45) is 3.82. The van der Waals surface area contributed by atoms with Gasteiger partial charge in [-0.3, -0.25) is 0 Å². The third-order valence-corrected chi connectivity index (χ3v) is 1.90. The summed E-state index contributed by atoms with van der Waals surface area (Å²) in [5.74, 6) is 4.86. The third kappa shape index (κ3) is 3.17. The van der Waals surface area contributed by atoms with E-state index < -0.39 is 0 Å². The molecule has 12 heavy (non-hydrogen) atoms. The highest BCUT2D eigenvalue weighted by Crippen LogP contribution is 2.11. The minimum atomic E-state index is 0.441. The second kappa shape index (κ2) is 5.09. The highest BCUT2D eigenvalue weighted by molar-refractivity contribution is 9.10. The van der Waals surface area contributed by atoms with Gasteiger partial charge in [-0.2, -0.15) is 0 Å². The van der Waals surface area contributed by atoms with Crippen LogP contribution >= 0.6 is 15.9 Å². The minimum absolute atomic E-state index is 0.441. The van der Waals surface area contributed by atoms with Crippen molar-refractivity contribution >= 4 is 22.0 Å². The standard InChI is InChI=1S/C9H10BrNO/c10-9-5-3-8(4-6-9)2-1-7-12-11/h1-6H,7,11H2/b2-1+. The van der Waals surface area contributed by atoms with E-state index >= 15 is 0 Å². The topological polar surface area (TPSA) is 35.2 Å². The van der Waals surface area contributed by atoms with E-state index in [4.69, 9.17) is 5.90 Å². The zero-order valence-electron chi connectivity index (χ0n) is 6.53. The molecule has 0 saturated carbocycles. The third-order valence-electron chi connectivity index (χ3n) is 1.37. The highest BCUT2D eigenvalue weighted by Gasteiger charge is 1.85. The average Bonchev–Trinajstić information content (AvgIpc) is 2.09. The van der Waals surface area contributed by atoms with Gasteiger partial charge < -0.3 is 4.84 Å². The summed E-state index contributed by atoms with van der Waals surface area (Å²) >= 11 is 3.36. The van der Waals surface area contributed by atoms with Crippen molar-refractivity contribution in [1.82, 2.24) is 0 Å². The Morgan fingerprint density at radius 3 is 2.58 bits per heavy atom. The molecule has 0 saturated heterocycles. The van der Waals surface area contributed by atoms with Crippen molar-refractivity contribution in [3.63, 3.8) is 0 Å². The molecule has 0 aromatic heterocycles. The van der Waals surface area contributed by atoms with Gasteiger partial charge in [0.15, 0.2) is 0 Å². The molecule has 0 heterocycles. The summed E-state index contributed by atoms with van der Waals surface area (Å²) in [7, 11) is 0. The number of hydrogen-bond donors (Lipinski definition) is 1. The second-order valence-electron chi connectivity index (χ2n) is 2.29. The van der Waals surface area contributed by atoms with Crippen LogP contribution in [0.4, 0.5) is 0 Å². The van der Waals surface area contributed by atoms with Gasteiger partial charge in [-0.1, -0.05) is 40.2 Å². The molecule has 0 unspecified atom stereocenters. The molecule has 1 aromatic carbocycles. The first kappa shape index (κ1) is 9.45. The van der Waals surface area contributed by atoms with Crippen LogP contribution in [0.15, 0.2) is 34.8 Å². The molecule has 1 aromatic rings. The number of rotatable bonds is 3. The first-order chi connectivity index (χ1) is 5.83. The van der Waals surface area contributed by atoms with Crippen molar-refractivity contribution in [1.29, 1.82) is 0 Å². The van der Waals surface area contributed by atoms with E-state index in [1.165, 1.54) is 0 Å². The van der Waals surface area contributed by atoms with Crippen molar-refractivity contribution < 1.29 is 4.84 Å². The highest BCUT2D eigenvalue weighted by atomic mass is 79.9. The van der Waals surface area contributed by atoms with Gasteiger partial charge in [0.1, 0.15) is 0 Å². The molecule has 2 N–H and O–H groups in total. The zero-order valence-corrected chi connectivity index (χ0v) is 8.12. The minimum Gasteiger partial charge on any atom is -0.300 e. The molecule has 64 valence electrons. The van der Waals surface area contributed by atoms with Crippen LogP contribution < -0.4 is 5.90 Å². The van der Waals surface area contributed by atoms with Crippen LogP contribution in [0, 0.1) is 0 Å². The Labute approximate surface area is 80.1 Å². The van der Waals surface area contributed by atoms with E-state index in [9.17, 15) is 0 Å². The van der Waals surface area contributed by atoms with Gasteiger partial charge in [-0.15, -0.1) is 0 Å². The predicted octanol–water partition coefficient (Wildman–Crippen LogP) is 2.35. The van der Waals surface area contributed by atoms with E-state index in [0.29, 0.717) is 6.61 Å². The quantitative estimate of drug-likeness (QED) is 0.806. The lowest BCUT2D eigenvalue weighted by Gasteiger charge is -1.93. The SMILES string of the molecule is NOC/C=C/c1ccc(Br)cc1. The van der Waals surface area contributed by atoms with E-state index in [1.807, 2.05) is 36.4 Å². The number of benzene rings is 1. The van der Waals surface area contributed by atoms with E-state index in [1.54, 1.807) is 0 Å². The lowest BCUT2D eigenvalue weighted by molar-refractivity contribution is 0.168. The van der Waals surface area contributed by atoms with Crippen LogP contribution in [0.3, 0.4) is 0 Å². The summed E-state index contributed by atoms with van der Waals surface area (Å²) in [5, 5.41) is 0. The van der Waals surface area contributed by atoms with Crippen LogP contribution in [0.2, 0.25) is 0 Å². The van der Waals surface area contributed by atoms with Gasteiger partial charge in [0.05, 0.1) is 6.61 Å². The molecule has 0 aliphatic rings. The van der Waals surface area contributed by atoms with Crippen LogP contribution in [0.1, 0.15) is 5.56 Å². The first-order valence-corrected chi connectivity index (χ1v) is 4.36. The molecule has 3 heteroatoms. The Hall–Kier alpha value is -0.640. The van der Waals surface area contributed by atoms with E-state index in [2.05, 4.69) is 20.8 Å². The van der Waals surface area contributed by atoms with Crippen molar-refractivity contribution in [3.05, 3.63) is 40.4 Å². The fourth-order valence-electron chi connectivity index (χ4n) is 0.814. The molecule has 0 amide bonds. The van der Waals surface area contributed by atoms with Crippen LogP contribution in [0.25, 0.3) is 6.08 Å². The summed E-state index contributed by atoms with van der Waals surface area (Å²) in [6, 6.07) is 8.00. The van der Waals surface area contributed by atoms with Crippen molar-refractivity contribution in [2.75, 3.05) is 6.61 Å². The number of halogens is 1. The molecule has 0 aliphatic carbocycles. The fraction of sp³-hybridized carbons (Fsp3) is 0.111. The van der Waals surface area contributed by atoms with Crippen molar-refractivity contribution in [2.45, 2.75) is 0 Å². The molecule has 0 fully saturated rings. The summed E-state index contributed by atoms with van der Waals surface area (Å²) in [5.41, 5.74) is 1.13. The van der Waals surface area contributed by atoms with E-state index in [-0.39, 0.29) is 0 Å². The molecule has 0 radical (unpaired) electrons. The van der Waals surface area contributed by atoms with Gasteiger partial charge in [0.25, 0.3) is 0 Å². The molecule has 0 bridgehead atoms. The van der Waals surface area contributed by atoms with Crippen LogP contribution in [-0.4, -0.2) is 6.61 Å². The molecule has 0 aliphatic heterocycles. The Morgan fingerprint density at radius 2 is 2.00 bits per heavy atom. The largest absolute Gasteiger partial charge is 0.300 e. The predicted molar refractivity (Wildman–Crippen MR) is 53.3 cm³/mol. The Kier molecular flexibility index (Phi) is 4.00. The lowest BCUT2D eigenvalue weighted by atomic mass is 10.2. The molecular formula is C9H10BrNO. The van der Waals surface area contributed by atoms with Gasteiger partial charge in [-0.25, -0.2) is 5.90 Å². The zero-order chi connectivity index (χ0) is 8.81. The lowest BCUT2D eigenvalue weighted by Crippen LogP contribution is -1.96. The van der Waals surface area contributed by atoms with Gasteiger partial charge in [0.2, 0.25) is 0 Å². The smallest absolute Gasteiger partial charge is 0.0864 e. The van der Waals surface area contributed by atoms with Crippen molar-refractivity contribution in [3.8, 4) is 0 Å². The van der Waals surface area contributed by atoms with Gasteiger partial charge >= 0.3 is 0 Å². The van der Waals surface area contributed by atoms with E-state index in [0.717, 1.165) is 10.0 Å². The summed E-state index contributed by atoms with van der Waals surface area (Å²) < 4.78 is 1.08. The fourth-order valence-corrected chi connectivity index (χ4v) is 1.08. The molecule has 0 spiro atoms. The summed E-state index contributed by atoms with van der Waals surface area (Å²) in [6.45, 7) is 0.441. The molecular weight excluding hydrogens is 218 g/mol. The Morgan fingerprint density at radius 1 is 1.33 bits per heavy atom. The number of nitrogens with two attached hydrogens (primary N) is 1. The van der Waals surface area contributed by atoms with Gasteiger partial charge in [0, 0.05) is 4.47 Å². The maximum absolute atomic E-state index is 4.86. The molecule has 2 nitrogen and oxygen atoms in total. The first-order valence-electron chi connectivity index (χ1n) is 3.56. The maximum atomic E-state index is 4.86. The van der Waals surface area contributed by atoms with Crippen LogP contribution in [0.5, 0.6) is 0 Å². The molecule has 0 atom stereocenters. The second-order valence-corrected chi connectivity index (χ2v) is 3.20. The maximum Gasteiger partial charge on any atom is 0.0864 e. The number of hydrogen-bond acceptors (Lipinski definition) is 2.